The number of carboxylic acid groups (broad SMARTS) is 2. The van der Waals surface area contributed by atoms with Crippen molar-refractivity contribution in [2.75, 3.05) is 6.54 Å². The number of imidazole rings is 1. The molecule has 0 saturated carbocycles. The van der Waals surface area contributed by atoms with Crippen LogP contribution >= 0.6 is 0 Å². The quantitative estimate of drug-likeness (QED) is 0.182. The number of aromatic amines is 1. The zero-order valence-electron chi connectivity index (χ0n) is 15.3. The molecule has 0 aliphatic rings. The number of carbonyl (C=O) groups is 4. The monoisotopic (exact) mass is 398 g/mol. The summed E-state index contributed by atoms with van der Waals surface area (Å²) in [6.07, 6.45) is 3.63. The standard InChI is InChI=1S/C16H26N6O6/c17-4-2-1-3-11(15(26)22-12(16(27)28)6-13(23)24)21-14(25)10(18)5-9-7-19-8-20-9/h7-8,10-12H,1-6,17-18H2,(H,19,20)(H,21,25)(H,22,26)(H,23,24)(H,27,28)/t10-,11-,12-/m0/s1. The van der Waals surface area contributed by atoms with Crippen molar-refractivity contribution in [2.24, 2.45) is 11.5 Å². The predicted octanol–water partition coefficient (Wildman–Crippen LogP) is -2.06. The maximum atomic E-state index is 12.4. The summed E-state index contributed by atoms with van der Waals surface area (Å²) >= 11 is 0. The average Bonchev–Trinajstić information content (AvgIpc) is 3.12. The first-order valence-electron chi connectivity index (χ1n) is 8.72. The molecule has 2 amide bonds. The lowest BCUT2D eigenvalue weighted by Crippen LogP contribution is -2.55. The molecule has 9 N–H and O–H groups in total. The van der Waals surface area contributed by atoms with Crippen LogP contribution in [-0.4, -0.2) is 68.6 Å². The highest BCUT2D eigenvalue weighted by Gasteiger charge is 2.29. The van der Waals surface area contributed by atoms with Crippen molar-refractivity contribution < 1.29 is 29.4 Å². The van der Waals surface area contributed by atoms with Gasteiger partial charge in [0.05, 0.1) is 18.8 Å². The summed E-state index contributed by atoms with van der Waals surface area (Å²) in [7, 11) is 0. The summed E-state index contributed by atoms with van der Waals surface area (Å²) in [4.78, 5) is 53.3. The van der Waals surface area contributed by atoms with E-state index in [1.165, 1.54) is 12.5 Å². The van der Waals surface area contributed by atoms with Crippen molar-refractivity contribution in [3.8, 4) is 0 Å². The summed E-state index contributed by atoms with van der Waals surface area (Å²) in [6.45, 7) is 0.387. The van der Waals surface area contributed by atoms with Crippen LogP contribution in [0.1, 0.15) is 31.4 Å². The Morgan fingerprint density at radius 3 is 2.32 bits per heavy atom. The van der Waals surface area contributed by atoms with Crippen molar-refractivity contribution >= 4 is 23.8 Å². The lowest BCUT2D eigenvalue weighted by molar-refractivity contribution is -0.147. The van der Waals surface area contributed by atoms with Gasteiger partial charge in [0.25, 0.3) is 0 Å². The molecule has 0 aliphatic heterocycles. The van der Waals surface area contributed by atoms with Gasteiger partial charge >= 0.3 is 11.9 Å². The van der Waals surface area contributed by atoms with E-state index < -0.39 is 48.3 Å². The van der Waals surface area contributed by atoms with Crippen molar-refractivity contribution in [1.29, 1.82) is 0 Å². The van der Waals surface area contributed by atoms with Gasteiger partial charge in [-0.3, -0.25) is 14.4 Å². The molecule has 12 nitrogen and oxygen atoms in total. The number of hydrogen-bond acceptors (Lipinski definition) is 7. The van der Waals surface area contributed by atoms with E-state index in [0.29, 0.717) is 25.1 Å². The number of unbranched alkanes of at least 4 members (excludes halogenated alkanes) is 1. The minimum atomic E-state index is -1.61. The van der Waals surface area contributed by atoms with Gasteiger partial charge in [-0.05, 0) is 25.8 Å². The Bertz CT molecular complexity index is 665. The Hall–Kier alpha value is -2.99. The van der Waals surface area contributed by atoms with Gasteiger partial charge in [0.1, 0.15) is 12.1 Å². The normalized spacial score (nSPS) is 13.9. The second-order valence-electron chi connectivity index (χ2n) is 6.23. The number of rotatable bonds is 13. The van der Waals surface area contributed by atoms with Crippen LogP contribution in [-0.2, 0) is 25.6 Å². The van der Waals surface area contributed by atoms with Crippen molar-refractivity contribution in [3.05, 3.63) is 18.2 Å². The Balaban J connectivity index is 2.76. The van der Waals surface area contributed by atoms with Crippen molar-refractivity contribution in [2.45, 2.75) is 50.2 Å². The number of H-pyrrole nitrogens is 1. The highest BCUT2D eigenvalue weighted by molar-refractivity contribution is 5.92. The third-order valence-corrected chi connectivity index (χ3v) is 3.90. The van der Waals surface area contributed by atoms with Crippen LogP contribution in [0.3, 0.4) is 0 Å². The first-order valence-corrected chi connectivity index (χ1v) is 8.72. The SMILES string of the molecule is NCCCC[C@H](NC(=O)[C@@H](N)Cc1cnc[nH]1)C(=O)N[C@@H](CC(=O)O)C(=O)O. The third-order valence-electron chi connectivity index (χ3n) is 3.90. The summed E-state index contributed by atoms with van der Waals surface area (Å²) in [5.41, 5.74) is 11.9. The molecule has 3 atom stereocenters. The van der Waals surface area contributed by atoms with Crippen LogP contribution in [0.5, 0.6) is 0 Å². The van der Waals surface area contributed by atoms with Gasteiger partial charge in [-0.1, -0.05) is 0 Å². The molecule has 1 heterocycles. The topological polar surface area (TPSA) is 214 Å². The first kappa shape index (κ1) is 23.0. The molecule has 12 heteroatoms. The smallest absolute Gasteiger partial charge is 0.326 e. The molecule has 0 bridgehead atoms. The second-order valence-corrected chi connectivity index (χ2v) is 6.23. The van der Waals surface area contributed by atoms with Gasteiger partial charge in [0.2, 0.25) is 11.8 Å². The zero-order valence-corrected chi connectivity index (χ0v) is 15.3. The van der Waals surface area contributed by atoms with Crippen molar-refractivity contribution in [1.82, 2.24) is 20.6 Å². The van der Waals surface area contributed by atoms with E-state index in [1.807, 2.05) is 0 Å². The van der Waals surface area contributed by atoms with E-state index in [4.69, 9.17) is 21.7 Å². The third kappa shape index (κ3) is 8.14. The fraction of sp³-hybridized carbons (Fsp3) is 0.562. The highest BCUT2D eigenvalue weighted by atomic mass is 16.4. The molecule has 0 aliphatic carbocycles. The maximum Gasteiger partial charge on any atom is 0.326 e. The highest BCUT2D eigenvalue weighted by Crippen LogP contribution is 2.04. The van der Waals surface area contributed by atoms with Gasteiger partial charge in [-0.25, -0.2) is 9.78 Å². The Labute approximate surface area is 161 Å². The number of nitrogens with one attached hydrogen (secondary N) is 3. The molecule has 0 radical (unpaired) electrons. The van der Waals surface area contributed by atoms with E-state index in [2.05, 4.69) is 20.6 Å². The molecule has 1 rings (SSSR count). The largest absolute Gasteiger partial charge is 0.481 e. The Kier molecular flexibility index (Phi) is 9.60. The first-order chi connectivity index (χ1) is 13.2. The number of hydrogen-bond donors (Lipinski definition) is 7. The summed E-state index contributed by atoms with van der Waals surface area (Å²) in [5.74, 6) is -4.27. The van der Waals surface area contributed by atoms with Crippen LogP contribution in [0.25, 0.3) is 0 Å². The molecule has 1 aromatic rings. The number of aliphatic carboxylic acids is 2. The lowest BCUT2D eigenvalue weighted by Gasteiger charge is -2.22. The van der Waals surface area contributed by atoms with Crippen LogP contribution in [0.15, 0.2) is 12.5 Å². The molecule has 156 valence electrons. The molecule has 0 unspecified atom stereocenters. The predicted molar refractivity (Wildman–Crippen MR) is 96.9 cm³/mol. The van der Waals surface area contributed by atoms with E-state index in [-0.39, 0.29) is 12.8 Å². The molecule has 0 aromatic carbocycles. The number of nitrogens with zero attached hydrogens (tertiary/aromatic N) is 1. The van der Waals surface area contributed by atoms with E-state index in [0.717, 1.165) is 0 Å². The van der Waals surface area contributed by atoms with E-state index >= 15 is 0 Å². The number of carboxylic acids is 2. The van der Waals surface area contributed by atoms with Crippen LogP contribution in [0, 0.1) is 0 Å². The molecule has 0 spiro atoms. The van der Waals surface area contributed by atoms with Crippen molar-refractivity contribution in [3.63, 3.8) is 0 Å². The van der Waals surface area contributed by atoms with Crippen LogP contribution in [0.2, 0.25) is 0 Å². The maximum absolute atomic E-state index is 12.4. The zero-order chi connectivity index (χ0) is 21.1. The molecule has 1 aromatic heterocycles. The second kappa shape index (κ2) is 11.7. The van der Waals surface area contributed by atoms with Crippen LogP contribution < -0.4 is 22.1 Å². The number of carbonyl (C=O) groups excluding carboxylic acids is 2. The number of amides is 2. The Morgan fingerprint density at radius 2 is 1.79 bits per heavy atom. The number of nitrogens with two attached hydrogens (primary N) is 2. The minimum Gasteiger partial charge on any atom is -0.481 e. The molecule has 0 saturated heterocycles. The van der Waals surface area contributed by atoms with E-state index in [9.17, 15) is 19.2 Å². The lowest BCUT2D eigenvalue weighted by atomic mass is 10.1. The fourth-order valence-corrected chi connectivity index (χ4v) is 2.41. The summed E-state index contributed by atoms with van der Waals surface area (Å²) < 4.78 is 0. The van der Waals surface area contributed by atoms with Crippen LogP contribution in [0.4, 0.5) is 0 Å². The molecular weight excluding hydrogens is 372 g/mol. The summed E-state index contributed by atoms with van der Waals surface area (Å²) in [6, 6.07) is -3.64. The Morgan fingerprint density at radius 1 is 1.11 bits per heavy atom. The minimum absolute atomic E-state index is 0.166. The van der Waals surface area contributed by atoms with Gasteiger partial charge in [0.15, 0.2) is 0 Å². The van der Waals surface area contributed by atoms with Gasteiger partial charge < -0.3 is 37.3 Å². The molecule has 28 heavy (non-hydrogen) atoms. The fourth-order valence-electron chi connectivity index (χ4n) is 2.41. The van der Waals surface area contributed by atoms with Gasteiger partial charge in [-0.15, -0.1) is 0 Å². The molecular formula is C16H26N6O6. The van der Waals surface area contributed by atoms with E-state index in [1.54, 1.807) is 0 Å². The number of aromatic nitrogens is 2. The summed E-state index contributed by atoms with van der Waals surface area (Å²) in [5, 5.41) is 22.5. The average molecular weight is 398 g/mol. The van der Waals surface area contributed by atoms with Gasteiger partial charge in [0, 0.05) is 18.3 Å². The molecule has 0 fully saturated rings. The van der Waals surface area contributed by atoms with Gasteiger partial charge in [-0.2, -0.15) is 0 Å².